The topological polar surface area (TPSA) is 122 Å². The number of nitro groups is 1. The van der Waals surface area contributed by atoms with Crippen LogP contribution in [0.4, 0.5) is 11.4 Å². The Labute approximate surface area is 215 Å². The summed E-state index contributed by atoms with van der Waals surface area (Å²) in [6.07, 6.45) is 1.66. The van der Waals surface area contributed by atoms with Gasteiger partial charge in [-0.25, -0.2) is 0 Å². The zero-order chi connectivity index (χ0) is 25.7. The van der Waals surface area contributed by atoms with Crippen LogP contribution in [0.1, 0.15) is 15.9 Å². The van der Waals surface area contributed by atoms with Crippen LogP contribution in [0.25, 0.3) is 6.08 Å². The molecule has 0 spiro atoms. The van der Waals surface area contributed by atoms with Gasteiger partial charge in [-0.2, -0.15) is 0 Å². The number of carbonyl (C=O) groups is 2. The van der Waals surface area contributed by atoms with Crippen molar-refractivity contribution in [3.8, 4) is 11.5 Å². The molecule has 1 heterocycles. The summed E-state index contributed by atoms with van der Waals surface area (Å²) in [6.45, 7) is 0.391. The molecule has 0 atom stereocenters. The number of carboxylic acid groups (broad SMARTS) is 1. The largest absolute Gasteiger partial charge is 0.545 e. The quantitative estimate of drug-likeness (QED) is 0.136. The smallest absolute Gasteiger partial charge is 0.270 e. The number of amides is 1. The summed E-state index contributed by atoms with van der Waals surface area (Å²) < 4.78 is 11.7. The summed E-state index contributed by atoms with van der Waals surface area (Å²) in [4.78, 5) is 36.2. The van der Waals surface area contributed by atoms with E-state index in [1.54, 1.807) is 36.4 Å². The van der Waals surface area contributed by atoms with Crippen molar-refractivity contribution in [2.24, 2.45) is 0 Å². The van der Waals surface area contributed by atoms with E-state index in [9.17, 15) is 24.8 Å². The summed E-state index contributed by atoms with van der Waals surface area (Å²) in [6, 6.07) is 18.7. The number of hydrogen-bond acceptors (Lipinski definition) is 9. The fraction of sp³-hybridized carbons (Fsp3) is 0.0800. The van der Waals surface area contributed by atoms with Crippen LogP contribution in [-0.2, 0) is 4.79 Å². The van der Waals surface area contributed by atoms with E-state index in [1.165, 1.54) is 47.4 Å². The van der Waals surface area contributed by atoms with E-state index in [2.05, 4.69) is 0 Å². The predicted octanol–water partition coefficient (Wildman–Crippen LogP) is 3.82. The Bertz CT molecular complexity index is 1370. The van der Waals surface area contributed by atoms with Crippen molar-refractivity contribution in [3.05, 3.63) is 98.9 Å². The lowest BCUT2D eigenvalue weighted by Crippen LogP contribution is -2.28. The number of para-hydroxylation sites is 1. The first kappa shape index (κ1) is 24.9. The Morgan fingerprint density at radius 3 is 2.47 bits per heavy atom. The Morgan fingerprint density at radius 2 is 1.75 bits per heavy atom. The highest BCUT2D eigenvalue weighted by Gasteiger charge is 2.33. The summed E-state index contributed by atoms with van der Waals surface area (Å²) in [5, 5.41) is 21.9. The minimum atomic E-state index is -1.35. The minimum absolute atomic E-state index is 0.0236. The molecule has 0 aromatic heterocycles. The van der Waals surface area contributed by atoms with Crippen molar-refractivity contribution in [2.45, 2.75) is 0 Å². The van der Waals surface area contributed by atoms with Crippen LogP contribution < -0.4 is 19.5 Å². The van der Waals surface area contributed by atoms with Crippen molar-refractivity contribution in [3.63, 3.8) is 0 Å². The first-order valence-corrected chi connectivity index (χ1v) is 11.7. The molecule has 36 heavy (non-hydrogen) atoms. The molecule has 0 N–H and O–H groups in total. The van der Waals surface area contributed by atoms with Gasteiger partial charge in [0, 0.05) is 17.7 Å². The Kier molecular flexibility index (Phi) is 7.62. The number of carbonyl (C=O) groups excluding carboxylic acids is 2. The maximum Gasteiger partial charge on any atom is 0.270 e. The third-order valence-corrected chi connectivity index (χ3v) is 6.30. The Morgan fingerprint density at radius 1 is 1.03 bits per heavy atom. The molecule has 182 valence electrons. The number of ether oxygens (including phenoxy) is 2. The maximum atomic E-state index is 13.1. The number of non-ortho nitro benzene ring substituents is 1. The van der Waals surface area contributed by atoms with E-state index in [1.807, 2.05) is 0 Å². The molecule has 1 aliphatic heterocycles. The van der Waals surface area contributed by atoms with Crippen molar-refractivity contribution in [1.82, 2.24) is 0 Å². The number of benzene rings is 3. The van der Waals surface area contributed by atoms with E-state index in [0.717, 1.165) is 11.8 Å². The molecular weight excluding hydrogens is 504 g/mol. The molecule has 1 fully saturated rings. The average molecular weight is 522 g/mol. The van der Waals surface area contributed by atoms with Gasteiger partial charge < -0.3 is 19.4 Å². The second kappa shape index (κ2) is 11.0. The van der Waals surface area contributed by atoms with E-state index in [4.69, 9.17) is 21.7 Å². The van der Waals surface area contributed by atoms with Gasteiger partial charge in [0.05, 0.1) is 21.5 Å². The van der Waals surface area contributed by atoms with Crippen LogP contribution in [0.15, 0.2) is 77.7 Å². The fourth-order valence-corrected chi connectivity index (χ4v) is 4.60. The second-order valence-electron chi connectivity index (χ2n) is 7.34. The molecule has 1 aliphatic rings. The van der Waals surface area contributed by atoms with Gasteiger partial charge in [0.1, 0.15) is 24.7 Å². The summed E-state index contributed by atoms with van der Waals surface area (Å²) in [5.74, 6) is -0.726. The minimum Gasteiger partial charge on any atom is -0.545 e. The standard InChI is InChI=1S/C25H18N2O7S2/c28-23-22(36-25(35)26(23)19-6-3-5-17(14-19)24(29)30)15-16-4-1-2-7-21(16)34-13-12-33-20-10-8-18(9-11-20)27(31)32/h1-11,14-15H,12-13H2,(H,29,30)/p-1/b22-15-. The molecule has 0 radical (unpaired) electrons. The number of rotatable bonds is 9. The molecule has 1 amide bonds. The van der Waals surface area contributed by atoms with E-state index < -0.39 is 10.9 Å². The Hall–Kier alpha value is -4.22. The molecule has 0 unspecified atom stereocenters. The van der Waals surface area contributed by atoms with Gasteiger partial charge in [-0.3, -0.25) is 19.8 Å². The Balaban J connectivity index is 1.43. The van der Waals surface area contributed by atoms with E-state index in [-0.39, 0.29) is 34.7 Å². The van der Waals surface area contributed by atoms with Crippen LogP contribution in [0.5, 0.6) is 11.5 Å². The lowest BCUT2D eigenvalue weighted by molar-refractivity contribution is -0.384. The van der Waals surface area contributed by atoms with Crippen LogP contribution in [0, 0.1) is 10.1 Å². The summed E-state index contributed by atoms with van der Waals surface area (Å²) >= 11 is 6.47. The monoisotopic (exact) mass is 521 g/mol. The molecule has 0 aliphatic carbocycles. The lowest BCUT2D eigenvalue weighted by atomic mass is 10.1. The van der Waals surface area contributed by atoms with Crippen molar-refractivity contribution < 1.29 is 29.1 Å². The SMILES string of the molecule is O=C([O-])c1cccc(N2C(=O)/C(=C/c3ccccc3OCCOc3ccc([N+](=O)[O-])cc3)SC2=S)c1. The number of thioether (sulfide) groups is 1. The van der Waals surface area contributed by atoms with Crippen LogP contribution in [0.3, 0.4) is 0 Å². The molecule has 3 aromatic carbocycles. The molecule has 9 nitrogen and oxygen atoms in total. The molecule has 0 bridgehead atoms. The highest BCUT2D eigenvalue weighted by molar-refractivity contribution is 8.27. The van der Waals surface area contributed by atoms with Crippen molar-refractivity contribution in [2.75, 3.05) is 18.1 Å². The average Bonchev–Trinajstić information content (AvgIpc) is 3.15. The zero-order valence-corrected chi connectivity index (χ0v) is 20.1. The van der Waals surface area contributed by atoms with Crippen molar-refractivity contribution >= 4 is 57.6 Å². The predicted molar refractivity (Wildman–Crippen MR) is 137 cm³/mol. The first-order valence-electron chi connectivity index (χ1n) is 10.5. The molecule has 0 saturated carbocycles. The number of thiocarbonyl (C=S) groups is 1. The van der Waals surface area contributed by atoms with Crippen molar-refractivity contribution in [1.29, 1.82) is 0 Å². The van der Waals surface area contributed by atoms with Gasteiger partial charge in [0.25, 0.3) is 11.6 Å². The van der Waals surface area contributed by atoms with Gasteiger partial charge in [-0.05, 0) is 42.0 Å². The third-order valence-electron chi connectivity index (χ3n) is 5.00. The zero-order valence-electron chi connectivity index (χ0n) is 18.5. The number of hydrogen-bond donors (Lipinski definition) is 0. The van der Waals surface area contributed by atoms with Gasteiger partial charge in [-0.15, -0.1) is 0 Å². The van der Waals surface area contributed by atoms with Crippen LogP contribution in [-0.4, -0.2) is 34.3 Å². The lowest BCUT2D eigenvalue weighted by Gasteiger charge is -2.16. The maximum absolute atomic E-state index is 13.1. The third kappa shape index (κ3) is 5.70. The second-order valence-corrected chi connectivity index (χ2v) is 9.02. The molecular formula is C25H17N2O7S2-. The fourth-order valence-electron chi connectivity index (χ4n) is 3.31. The molecule has 3 aromatic rings. The molecule has 1 saturated heterocycles. The van der Waals surface area contributed by atoms with E-state index >= 15 is 0 Å². The van der Waals surface area contributed by atoms with Gasteiger partial charge in [0.15, 0.2) is 4.32 Å². The van der Waals surface area contributed by atoms with Gasteiger partial charge >= 0.3 is 0 Å². The number of anilines is 1. The highest BCUT2D eigenvalue weighted by Crippen LogP contribution is 2.37. The normalized spacial score (nSPS) is 14.2. The van der Waals surface area contributed by atoms with Crippen LogP contribution in [0.2, 0.25) is 0 Å². The highest BCUT2D eigenvalue weighted by atomic mass is 32.2. The number of aromatic carboxylic acids is 1. The number of nitro benzene ring substituents is 1. The van der Waals surface area contributed by atoms with Crippen LogP contribution >= 0.6 is 24.0 Å². The molecule has 4 rings (SSSR count). The van der Waals surface area contributed by atoms with Gasteiger partial charge in [-0.1, -0.05) is 54.3 Å². The number of carboxylic acids is 1. The summed E-state index contributed by atoms with van der Waals surface area (Å²) in [5.41, 5.74) is 0.914. The van der Waals surface area contributed by atoms with E-state index in [0.29, 0.717) is 27.7 Å². The number of nitrogens with zero attached hydrogens (tertiary/aromatic N) is 2. The van der Waals surface area contributed by atoms with Gasteiger partial charge in [0.2, 0.25) is 0 Å². The summed E-state index contributed by atoms with van der Waals surface area (Å²) in [7, 11) is 0. The first-order chi connectivity index (χ1) is 17.3. The molecule has 11 heteroatoms.